The average Bonchev–Trinajstić information content (AvgIpc) is 2.58. The van der Waals surface area contributed by atoms with Gasteiger partial charge in [-0.1, -0.05) is 0 Å². The monoisotopic (exact) mass is 257 g/mol. The van der Waals surface area contributed by atoms with Gasteiger partial charge < -0.3 is 25.4 Å². The first kappa shape index (κ1) is 13.0. The molecule has 18 heavy (non-hydrogen) atoms. The van der Waals surface area contributed by atoms with Crippen LogP contribution in [0, 0.1) is 0 Å². The van der Waals surface area contributed by atoms with Crippen molar-refractivity contribution >= 4 is 5.82 Å². The molecule has 2 rings (SSSR count). The molecule has 1 aliphatic heterocycles. The van der Waals surface area contributed by atoms with Crippen molar-refractivity contribution < 1.29 is 19.7 Å². The maximum absolute atomic E-state index is 11.6. The number of anilines is 1. The number of hydrogen-bond acceptors (Lipinski definition) is 7. The molecular formula is C10H15N3O5. The molecule has 0 unspecified atom stereocenters. The quantitative estimate of drug-likeness (QED) is 0.578. The molecule has 0 radical (unpaired) electrons. The van der Waals surface area contributed by atoms with Gasteiger partial charge in [0, 0.05) is 13.3 Å². The van der Waals surface area contributed by atoms with Crippen LogP contribution in [0.4, 0.5) is 5.82 Å². The fraction of sp³-hybridized carbons (Fsp3) is 0.600. The van der Waals surface area contributed by atoms with Gasteiger partial charge in [0.15, 0.2) is 6.23 Å². The Labute approximate surface area is 103 Å². The largest absolute Gasteiger partial charge is 0.387 e. The molecule has 8 heteroatoms. The highest BCUT2D eigenvalue weighted by molar-refractivity contribution is 5.23. The molecule has 100 valence electrons. The number of nitrogen functional groups attached to an aromatic ring is 1. The molecule has 4 N–H and O–H groups in total. The topological polar surface area (TPSA) is 120 Å². The molecule has 1 saturated heterocycles. The van der Waals surface area contributed by atoms with Crippen LogP contribution in [0.25, 0.3) is 0 Å². The molecule has 8 nitrogen and oxygen atoms in total. The summed E-state index contributed by atoms with van der Waals surface area (Å²) in [6.07, 6.45) is -2.69. The first-order valence-corrected chi connectivity index (χ1v) is 5.39. The molecule has 1 aromatic heterocycles. The highest BCUT2D eigenvalue weighted by Crippen LogP contribution is 2.28. The third-order valence-corrected chi connectivity index (χ3v) is 2.79. The zero-order chi connectivity index (χ0) is 13.3. The van der Waals surface area contributed by atoms with E-state index in [4.69, 9.17) is 15.2 Å². The number of ether oxygens (including phenoxy) is 2. The predicted octanol–water partition coefficient (Wildman–Crippen LogP) is -1.91. The van der Waals surface area contributed by atoms with Crippen LogP contribution in [-0.2, 0) is 9.47 Å². The molecule has 1 fully saturated rings. The lowest BCUT2D eigenvalue weighted by Crippen LogP contribution is -2.36. The van der Waals surface area contributed by atoms with E-state index in [0.29, 0.717) is 0 Å². The minimum atomic E-state index is -1.23. The smallest absolute Gasteiger partial charge is 0.351 e. The van der Waals surface area contributed by atoms with Gasteiger partial charge in [-0.2, -0.15) is 4.98 Å². The van der Waals surface area contributed by atoms with E-state index in [0.717, 1.165) is 4.57 Å². The van der Waals surface area contributed by atoms with E-state index in [1.165, 1.54) is 19.4 Å². The van der Waals surface area contributed by atoms with Crippen LogP contribution < -0.4 is 11.4 Å². The Balaban J connectivity index is 2.26. The third-order valence-electron chi connectivity index (χ3n) is 2.79. The number of aromatic nitrogens is 2. The second-order valence-corrected chi connectivity index (χ2v) is 4.04. The van der Waals surface area contributed by atoms with Crippen LogP contribution in [0.15, 0.2) is 17.1 Å². The second-order valence-electron chi connectivity index (χ2n) is 4.04. The Kier molecular flexibility index (Phi) is 3.62. The Bertz CT molecular complexity index is 477. The van der Waals surface area contributed by atoms with E-state index in [2.05, 4.69) is 4.98 Å². The summed E-state index contributed by atoms with van der Waals surface area (Å²) in [6, 6.07) is 1.41. The van der Waals surface area contributed by atoms with Gasteiger partial charge in [0.05, 0.1) is 6.61 Å². The number of aliphatic hydroxyl groups excluding tert-OH is 2. The van der Waals surface area contributed by atoms with Crippen LogP contribution in [-0.4, -0.2) is 51.8 Å². The van der Waals surface area contributed by atoms with Gasteiger partial charge in [-0.3, -0.25) is 4.57 Å². The standard InChI is InChI=1S/C10H15N3O5/c1-17-4-5-7(14)8(15)9(18-5)13-3-2-6(11)12-10(13)16/h2-3,5,7-9,14-15H,4H2,1H3,(H2,11,12,16)/t5-,7-,8+,9-/m1/s1. The number of aliphatic hydroxyl groups is 2. The lowest BCUT2D eigenvalue weighted by atomic mass is 10.1. The molecule has 0 aliphatic carbocycles. The number of hydrogen-bond donors (Lipinski definition) is 3. The molecule has 0 bridgehead atoms. The van der Waals surface area contributed by atoms with Crippen LogP contribution in [0.1, 0.15) is 6.23 Å². The van der Waals surface area contributed by atoms with Crippen molar-refractivity contribution in [2.45, 2.75) is 24.5 Å². The summed E-state index contributed by atoms with van der Waals surface area (Å²) in [5.74, 6) is 0.0812. The highest BCUT2D eigenvalue weighted by atomic mass is 16.6. The van der Waals surface area contributed by atoms with Crippen molar-refractivity contribution in [2.24, 2.45) is 0 Å². The number of nitrogens with zero attached hydrogens (tertiary/aromatic N) is 2. The van der Waals surface area contributed by atoms with E-state index < -0.39 is 30.2 Å². The lowest BCUT2D eigenvalue weighted by Gasteiger charge is -2.16. The Morgan fingerprint density at radius 3 is 2.89 bits per heavy atom. The molecular weight excluding hydrogens is 242 g/mol. The maximum Gasteiger partial charge on any atom is 0.351 e. The van der Waals surface area contributed by atoms with Crippen LogP contribution >= 0.6 is 0 Å². The summed E-state index contributed by atoms with van der Waals surface area (Å²) in [4.78, 5) is 15.1. The summed E-state index contributed by atoms with van der Waals surface area (Å²) in [5.41, 5.74) is 4.72. The van der Waals surface area contributed by atoms with E-state index in [1.54, 1.807) is 0 Å². The van der Waals surface area contributed by atoms with Crippen LogP contribution in [0.2, 0.25) is 0 Å². The third kappa shape index (κ3) is 2.23. The Hall–Kier alpha value is -1.48. The first-order chi connectivity index (χ1) is 8.54. The van der Waals surface area contributed by atoms with Gasteiger partial charge in [-0.25, -0.2) is 4.79 Å². The van der Waals surface area contributed by atoms with E-state index in [1.807, 2.05) is 0 Å². The SMILES string of the molecule is COC[C@H]1O[C@@H](n2ccc(N)nc2=O)[C@@H](O)[C@@H]1O. The minimum Gasteiger partial charge on any atom is -0.387 e. The van der Waals surface area contributed by atoms with E-state index in [-0.39, 0.29) is 12.4 Å². The van der Waals surface area contributed by atoms with Gasteiger partial charge in [0.25, 0.3) is 0 Å². The summed E-state index contributed by atoms with van der Waals surface area (Å²) in [5, 5.41) is 19.6. The number of rotatable bonds is 3. The Morgan fingerprint density at radius 1 is 1.56 bits per heavy atom. The zero-order valence-electron chi connectivity index (χ0n) is 9.76. The van der Waals surface area contributed by atoms with Gasteiger partial charge in [0.1, 0.15) is 24.1 Å². The first-order valence-electron chi connectivity index (χ1n) is 5.39. The molecule has 0 saturated carbocycles. The zero-order valence-corrected chi connectivity index (χ0v) is 9.76. The van der Waals surface area contributed by atoms with Gasteiger partial charge in [-0.15, -0.1) is 0 Å². The normalized spacial score (nSPS) is 31.7. The molecule has 0 spiro atoms. The predicted molar refractivity (Wildman–Crippen MR) is 60.7 cm³/mol. The van der Waals surface area contributed by atoms with Gasteiger partial charge in [0.2, 0.25) is 0 Å². The summed E-state index contributed by atoms with van der Waals surface area (Å²) in [6.45, 7) is 0.117. The fourth-order valence-corrected chi connectivity index (χ4v) is 1.88. The minimum absolute atomic E-state index is 0.0812. The fourth-order valence-electron chi connectivity index (χ4n) is 1.88. The second kappa shape index (κ2) is 5.02. The molecule has 1 aromatic rings. The number of nitrogens with two attached hydrogens (primary N) is 1. The van der Waals surface area contributed by atoms with Crippen molar-refractivity contribution in [2.75, 3.05) is 19.5 Å². The number of methoxy groups -OCH3 is 1. The van der Waals surface area contributed by atoms with Gasteiger partial charge >= 0.3 is 5.69 Å². The van der Waals surface area contributed by atoms with Crippen LogP contribution in [0.5, 0.6) is 0 Å². The molecule has 0 amide bonds. The molecule has 2 heterocycles. The van der Waals surface area contributed by atoms with E-state index >= 15 is 0 Å². The van der Waals surface area contributed by atoms with Crippen molar-refractivity contribution in [3.05, 3.63) is 22.7 Å². The Morgan fingerprint density at radius 2 is 2.28 bits per heavy atom. The molecule has 0 aromatic carbocycles. The van der Waals surface area contributed by atoms with E-state index in [9.17, 15) is 15.0 Å². The van der Waals surface area contributed by atoms with Crippen molar-refractivity contribution in [3.63, 3.8) is 0 Å². The summed E-state index contributed by atoms with van der Waals surface area (Å²) >= 11 is 0. The summed E-state index contributed by atoms with van der Waals surface area (Å²) < 4.78 is 11.3. The molecule has 1 aliphatic rings. The highest BCUT2D eigenvalue weighted by Gasteiger charge is 2.44. The summed E-state index contributed by atoms with van der Waals surface area (Å²) in [7, 11) is 1.45. The van der Waals surface area contributed by atoms with Crippen LogP contribution in [0.3, 0.4) is 0 Å². The molecule has 4 atom stereocenters. The maximum atomic E-state index is 11.6. The lowest BCUT2D eigenvalue weighted by molar-refractivity contribution is -0.0613. The van der Waals surface area contributed by atoms with Crippen molar-refractivity contribution in [1.29, 1.82) is 0 Å². The van der Waals surface area contributed by atoms with Crippen molar-refractivity contribution in [1.82, 2.24) is 9.55 Å². The van der Waals surface area contributed by atoms with Gasteiger partial charge in [-0.05, 0) is 6.07 Å². The average molecular weight is 257 g/mol. The van der Waals surface area contributed by atoms with Crippen molar-refractivity contribution in [3.8, 4) is 0 Å².